The first kappa shape index (κ1) is 20.7. The lowest BCUT2D eigenvalue weighted by Crippen LogP contribution is -2.52. The number of nitrogens with two attached hydrogens (primary N) is 1. The fourth-order valence-corrected chi connectivity index (χ4v) is 4.50. The van der Waals surface area contributed by atoms with Gasteiger partial charge in [-0.1, -0.05) is 13.8 Å². The van der Waals surface area contributed by atoms with Gasteiger partial charge >= 0.3 is 0 Å². The Morgan fingerprint density at radius 2 is 1.90 bits per heavy atom. The first-order valence-corrected chi connectivity index (χ1v) is 8.69. The Bertz CT molecular complexity index is 554. The average Bonchev–Trinajstić information content (AvgIpc) is 2.44. The molecular weight excluding hydrogens is 380 g/mol. The predicted molar refractivity (Wildman–Crippen MR) is 90.6 cm³/mol. The largest absolute Gasteiger partial charge is 0.497 e. The van der Waals surface area contributed by atoms with Gasteiger partial charge in [0.25, 0.3) is 0 Å². The van der Waals surface area contributed by atoms with Crippen LogP contribution in [0.15, 0.2) is 27.6 Å². The molecule has 0 unspecified atom stereocenters. The van der Waals surface area contributed by atoms with Crippen molar-refractivity contribution in [1.82, 2.24) is 4.72 Å². The van der Waals surface area contributed by atoms with Crippen LogP contribution in [0.3, 0.4) is 0 Å². The summed E-state index contributed by atoms with van der Waals surface area (Å²) in [5.41, 5.74) is 5.13. The second kappa shape index (κ2) is 8.33. The first-order chi connectivity index (χ1) is 9.34. The van der Waals surface area contributed by atoms with Crippen molar-refractivity contribution in [2.45, 2.75) is 37.1 Å². The third-order valence-corrected chi connectivity index (χ3v) is 6.08. The van der Waals surface area contributed by atoms with Crippen LogP contribution in [0.4, 0.5) is 0 Å². The molecule has 5 nitrogen and oxygen atoms in total. The third-order valence-electron chi connectivity index (χ3n) is 3.52. The fourth-order valence-electron chi connectivity index (χ4n) is 1.89. The zero-order valence-corrected chi connectivity index (χ0v) is 15.6. The van der Waals surface area contributed by atoms with E-state index in [9.17, 15) is 8.42 Å². The molecule has 0 aliphatic rings. The van der Waals surface area contributed by atoms with Crippen LogP contribution in [-0.4, -0.2) is 27.6 Å². The van der Waals surface area contributed by atoms with E-state index in [0.29, 0.717) is 23.1 Å². The van der Waals surface area contributed by atoms with Gasteiger partial charge < -0.3 is 10.5 Å². The minimum atomic E-state index is -3.64. The second-order valence-corrected chi connectivity index (χ2v) is 7.10. The molecule has 0 spiro atoms. The first-order valence-electron chi connectivity index (χ1n) is 6.41. The van der Waals surface area contributed by atoms with E-state index in [1.807, 2.05) is 13.8 Å². The summed E-state index contributed by atoms with van der Waals surface area (Å²) in [7, 11) is -2.11. The summed E-state index contributed by atoms with van der Waals surface area (Å²) in [5.74, 6) is 0.590. The van der Waals surface area contributed by atoms with Gasteiger partial charge in [-0.25, -0.2) is 13.1 Å². The van der Waals surface area contributed by atoms with Gasteiger partial charge in [-0.2, -0.15) is 0 Å². The van der Waals surface area contributed by atoms with Gasteiger partial charge in [-0.3, -0.25) is 0 Å². The number of nitrogens with one attached hydrogen (secondary N) is 1. The standard InChI is InChI=1S/C13H21BrN2O3S.ClH/c1-4-13(5-2,9-15)16-20(17,18)12-7-6-10(19-3)8-11(12)14;/h6-8,16H,4-5,9,15H2,1-3H3;1H. The van der Waals surface area contributed by atoms with Crippen LogP contribution in [-0.2, 0) is 10.0 Å². The van der Waals surface area contributed by atoms with Gasteiger partial charge in [0.2, 0.25) is 10.0 Å². The molecule has 21 heavy (non-hydrogen) atoms. The van der Waals surface area contributed by atoms with Crippen LogP contribution in [0.2, 0.25) is 0 Å². The number of methoxy groups -OCH3 is 1. The molecule has 0 heterocycles. The SMILES string of the molecule is CCC(CC)(CN)NS(=O)(=O)c1ccc(OC)cc1Br.Cl. The molecule has 0 saturated carbocycles. The molecule has 0 saturated heterocycles. The highest BCUT2D eigenvalue weighted by atomic mass is 79.9. The minimum Gasteiger partial charge on any atom is -0.497 e. The molecule has 8 heteroatoms. The Hall–Kier alpha value is -0.340. The highest BCUT2D eigenvalue weighted by Crippen LogP contribution is 2.28. The van der Waals surface area contributed by atoms with E-state index in [0.717, 1.165) is 0 Å². The molecule has 1 aromatic carbocycles. The van der Waals surface area contributed by atoms with E-state index in [1.54, 1.807) is 12.1 Å². The molecule has 0 fully saturated rings. The van der Waals surface area contributed by atoms with Crippen molar-refractivity contribution in [2.24, 2.45) is 5.73 Å². The molecule has 1 aromatic rings. The topological polar surface area (TPSA) is 81.4 Å². The number of benzene rings is 1. The highest BCUT2D eigenvalue weighted by Gasteiger charge is 2.31. The smallest absolute Gasteiger partial charge is 0.242 e. The van der Waals surface area contributed by atoms with Gasteiger partial charge in [0.1, 0.15) is 5.75 Å². The maximum atomic E-state index is 12.5. The van der Waals surface area contributed by atoms with E-state index in [-0.39, 0.29) is 23.8 Å². The number of hydrogen-bond donors (Lipinski definition) is 2. The monoisotopic (exact) mass is 400 g/mol. The Balaban J connectivity index is 0.00000400. The summed E-state index contributed by atoms with van der Waals surface area (Å²) in [6.45, 7) is 4.09. The highest BCUT2D eigenvalue weighted by molar-refractivity contribution is 9.10. The van der Waals surface area contributed by atoms with E-state index in [2.05, 4.69) is 20.7 Å². The van der Waals surface area contributed by atoms with Crippen molar-refractivity contribution >= 4 is 38.4 Å². The zero-order valence-electron chi connectivity index (χ0n) is 12.3. The Morgan fingerprint density at radius 1 is 1.33 bits per heavy atom. The lowest BCUT2D eigenvalue weighted by atomic mass is 9.95. The Morgan fingerprint density at radius 3 is 2.29 bits per heavy atom. The van der Waals surface area contributed by atoms with E-state index >= 15 is 0 Å². The molecule has 122 valence electrons. The normalized spacial score (nSPS) is 11.9. The maximum absolute atomic E-state index is 12.5. The molecule has 3 N–H and O–H groups in total. The lowest BCUT2D eigenvalue weighted by Gasteiger charge is -2.31. The second-order valence-electron chi connectivity index (χ2n) is 4.59. The maximum Gasteiger partial charge on any atom is 0.242 e. The van der Waals surface area contributed by atoms with Gasteiger partial charge in [0.15, 0.2) is 0 Å². The third kappa shape index (κ3) is 4.82. The van der Waals surface area contributed by atoms with Crippen LogP contribution in [0.5, 0.6) is 5.75 Å². The fraction of sp³-hybridized carbons (Fsp3) is 0.538. The summed E-state index contributed by atoms with van der Waals surface area (Å²) in [5, 5.41) is 0. The van der Waals surface area contributed by atoms with Crippen molar-refractivity contribution in [2.75, 3.05) is 13.7 Å². The minimum absolute atomic E-state index is 0. The van der Waals surface area contributed by atoms with Crippen LogP contribution >= 0.6 is 28.3 Å². The molecule has 0 aliphatic heterocycles. The van der Waals surface area contributed by atoms with Crippen LogP contribution in [0, 0.1) is 0 Å². The molecule has 0 aromatic heterocycles. The Labute approximate surface area is 141 Å². The number of halogens is 2. The van der Waals surface area contributed by atoms with Crippen molar-refractivity contribution in [1.29, 1.82) is 0 Å². The van der Waals surface area contributed by atoms with Crippen molar-refractivity contribution in [3.05, 3.63) is 22.7 Å². The molecule has 0 radical (unpaired) electrons. The number of ether oxygens (including phenoxy) is 1. The van der Waals surface area contributed by atoms with Crippen LogP contribution < -0.4 is 15.2 Å². The van der Waals surface area contributed by atoms with Crippen LogP contribution in [0.25, 0.3) is 0 Å². The average molecular weight is 402 g/mol. The molecule has 0 aliphatic carbocycles. The van der Waals surface area contributed by atoms with Gasteiger partial charge in [0, 0.05) is 16.6 Å². The van der Waals surface area contributed by atoms with E-state index in [1.165, 1.54) is 13.2 Å². The summed E-state index contributed by atoms with van der Waals surface area (Å²) < 4.78 is 33.3. The molecule has 0 bridgehead atoms. The predicted octanol–water partition coefficient (Wildman–Crippen LogP) is 2.68. The summed E-state index contributed by atoms with van der Waals surface area (Å²) in [6, 6.07) is 4.75. The molecular formula is C13H22BrClN2O3S. The number of sulfonamides is 1. The van der Waals surface area contributed by atoms with E-state index < -0.39 is 15.6 Å². The molecule has 1 rings (SSSR count). The summed E-state index contributed by atoms with van der Waals surface area (Å²) in [4.78, 5) is 0.179. The quantitative estimate of drug-likeness (QED) is 0.736. The van der Waals surface area contributed by atoms with Crippen molar-refractivity contribution in [3.63, 3.8) is 0 Å². The van der Waals surface area contributed by atoms with E-state index in [4.69, 9.17) is 10.5 Å². The summed E-state index contributed by atoms with van der Waals surface area (Å²) >= 11 is 3.27. The number of hydrogen-bond acceptors (Lipinski definition) is 4. The van der Waals surface area contributed by atoms with Crippen LogP contribution in [0.1, 0.15) is 26.7 Å². The molecule has 0 amide bonds. The summed E-state index contributed by atoms with van der Waals surface area (Å²) in [6.07, 6.45) is 1.26. The van der Waals surface area contributed by atoms with Gasteiger partial charge in [0.05, 0.1) is 12.0 Å². The molecule has 0 atom stereocenters. The van der Waals surface area contributed by atoms with Gasteiger partial charge in [-0.15, -0.1) is 12.4 Å². The van der Waals surface area contributed by atoms with Crippen molar-refractivity contribution in [3.8, 4) is 5.75 Å². The zero-order chi connectivity index (χ0) is 15.4. The van der Waals surface area contributed by atoms with Gasteiger partial charge in [-0.05, 0) is 47.0 Å². The lowest BCUT2D eigenvalue weighted by molar-refractivity contribution is 0.363. The number of rotatable bonds is 7. The van der Waals surface area contributed by atoms with Crippen molar-refractivity contribution < 1.29 is 13.2 Å². The Kier molecular flexibility index (Phi) is 8.20.